The van der Waals surface area contributed by atoms with Crippen LogP contribution in [0, 0.1) is 0 Å². The third kappa shape index (κ3) is 4.69. The molecule has 0 saturated carbocycles. The van der Waals surface area contributed by atoms with Gasteiger partial charge >= 0.3 is 0 Å². The maximum Gasteiger partial charge on any atom is 0.254 e. The first kappa shape index (κ1) is 19.0. The van der Waals surface area contributed by atoms with Crippen molar-refractivity contribution in [3.05, 3.63) is 53.9 Å². The second-order valence-electron chi connectivity index (χ2n) is 5.43. The van der Waals surface area contributed by atoms with E-state index in [1.54, 1.807) is 32.7 Å². The summed E-state index contributed by atoms with van der Waals surface area (Å²) in [6.07, 6.45) is 3.34. The summed E-state index contributed by atoms with van der Waals surface area (Å²) in [5, 5.41) is 4.33. The molecule has 0 aliphatic heterocycles. The fraction of sp³-hybridized carbons (Fsp3) is 0.167. The lowest BCUT2D eigenvalue weighted by Crippen LogP contribution is -2.13. The van der Waals surface area contributed by atoms with Gasteiger partial charge in [-0.05, 0) is 41.4 Å². The number of nitrogens with zero attached hydrogens (tertiary/aromatic N) is 2. The highest BCUT2D eigenvalue weighted by molar-refractivity contribution is 7.98. The number of carbonyl (C=O) groups excluding carboxylic acids is 1. The number of benzene rings is 1. The predicted molar refractivity (Wildman–Crippen MR) is 107 cm³/mol. The number of pyridine rings is 1. The van der Waals surface area contributed by atoms with Crippen molar-refractivity contribution in [3.63, 3.8) is 0 Å². The van der Waals surface area contributed by atoms with E-state index in [9.17, 15) is 4.79 Å². The third-order valence-electron chi connectivity index (χ3n) is 3.61. The van der Waals surface area contributed by atoms with E-state index >= 15 is 0 Å². The number of primary amides is 1. The zero-order valence-electron chi connectivity index (χ0n) is 14.8. The molecule has 0 bridgehead atoms. The molecule has 2 heterocycles. The second kappa shape index (κ2) is 8.74. The van der Waals surface area contributed by atoms with Gasteiger partial charge in [0.05, 0.1) is 26.1 Å². The zero-order valence-corrected chi connectivity index (χ0v) is 16.4. The molecule has 9 heteroatoms. The average molecular weight is 403 g/mol. The molecular weight excluding hydrogens is 384 g/mol. The molecule has 0 radical (unpaired) electrons. The van der Waals surface area contributed by atoms with Gasteiger partial charge in [0.25, 0.3) is 5.91 Å². The minimum atomic E-state index is -0.527. The summed E-state index contributed by atoms with van der Waals surface area (Å²) in [5.41, 5.74) is 7.72. The summed E-state index contributed by atoms with van der Waals surface area (Å²) in [7, 11) is 3.21. The summed E-state index contributed by atoms with van der Waals surface area (Å²) in [4.78, 5) is 16.0. The molecule has 3 rings (SSSR count). The Balaban J connectivity index is 1.80. The predicted octanol–water partition coefficient (Wildman–Crippen LogP) is 3.69. The van der Waals surface area contributed by atoms with Crippen LogP contribution in [0.3, 0.4) is 0 Å². The number of amides is 1. The smallest absolute Gasteiger partial charge is 0.254 e. The first-order valence-corrected chi connectivity index (χ1v) is 9.68. The Morgan fingerprint density at radius 3 is 2.59 bits per heavy atom. The maximum absolute atomic E-state index is 12.0. The molecule has 3 N–H and O–H groups in total. The van der Waals surface area contributed by atoms with E-state index < -0.39 is 5.91 Å². The van der Waals surface area contributed by atoms with Crippen molar-refractivity contribution in [1.82, 2.24) is 9.36 Å². The van der Waals surface area contributed by atoms with E-state index in [0.717, 1.165) is 11.3 Å². The van der Waals surface area contributed by atoms with Crippen LogP contribution in [0.25, 0.3) is 0 Å². The van der Waals surface area contributed by atoms with Crippen molar-refractivity contribution in [3.8, 4) is 11.5 Å². The summed E-state index contributed by atoms with van der Waals surface area (Å²) in [6, 6.07) is 9.30. The Bertz CT molecular complexity index is 909. The topological polar surface area (TPSA) is 99.4 Å². The number of hydrogen-bond donors (Lipinski definition) is 2. The summed E-state index contributed by atoms with van der Waals surface area (Å²) in [6.45, 7) is 0. The Morgan fingerprint density at radius 1 is 1.26 bits per heavy atom. The number of carbonyl (C=O) groups is 1. The van der Waals surface area contributed by atoms with Crippen molar-refractivity contribution in [2.24, 2.45) is 5.73 Å². The Labute approximate surface area is 165 Å². The van der Waals surface area contributed by atoms with Gasteiger partial charge in [0.1, 0.15) is 27.1 Å². The monoisotopic (exact) mass is 402 g/mol. The molecule has 1 amide bonds. The fourth-order valence-electron chi connectivity index (χ4n) is 2.35. The number of aromatic nitrogens is 2. The lowest BCUT2D eigenvalue weighted by molar-refractivity contribution is 0.0998. The van der Waals surface area contributed by atoms with Crippen molar-refractivity contribution in [2.75, 3.05) is 19.5 Å². The summed E-state index contributed by atoms with van der Waals surface area (Å²) >= 11 is 2.62. The van der Waals surface area contributed by atoms with Crippen LogP contribution in [0.5, 0.6) is 11.5 Å². The molecule has 0 saturated heterocycles. The Morgan fingerprint density at radius 2 is 2.00 bits per heavy atom. The van der Waals surface area contributed by atoms with Gasteiger partial charge in [0.15, 0.2) is 0 Å². The molecule has 2 aromatic heterocycles. The van der Waals surface area contributed by atoms with Gasteiger partial charge in [-0.15, -0.1) is 0 Å². The highest BCUT2D eigenvalue weighted by atomic mass is 32.2. The first-order valence-electron chi connectivity index (χ1n) is 7.92. The third-order valence-corrected chi connectivity index (χ3v) is 5.54. The van der Waals surface area contributed by atoms with Crippen molar-refractivity contribution < 1.29 is 14.3 Å². The van der Waals surface area contributed by atoms with Crippen LogP contribution < -0.4 is 20.5 Å². The number of anilines is 2. The number of methoxy groups -OCH3 is 2. The van der Waals surface area contributed by atoms with E-state index in [1.165, 1.54) is 23.3 Å². The molecule has 0 atom stereocenters. The first-order chi connectivity index (χ1) is 13.1. The summed E-state index contributed by atoms with van der Waals surface area (Å²) in [5.74, 6) is 1.47. The molecule has 27 heavy (non-hydrogen) atoms. The molecule has 3 aromatic rings. The Kier molecular flexibility index (Phi) is 6.15. The summed E-state index contributed by atoms with van der Waals surface area (Å²) < 4.78 is 15.0. The van der Waals surface area contributed by atoms with Gasteiger partial charge in [-0.25, -0.2) is 0 Å². The zero-order chi connectivity index (χ0) is 19.2. The highest BCUT2D eigenvalue weighted by Gasteiger charge is 2.20. The van der Waals surface area contributed by atoms with Gasteiger partial charge in [0.2, 0.25) is 0 Å². The van der Waals surface area contributed by atoms with Gasteiger partial charge in [-0.1, -0.05) is 11.8 Å². The van der Waals surface area contributed by atoms with Crippen LogP contribution in [0.2, 0.25) is 0 Å². The number of nitrogens with one attached hydrogen (secondary N) is 1. The fourth-order valence-corrected chi connectivity index (χ4v) is 4.27. The van der Waals surface area contributed by atoms with E-state index in [0.29, 0.717) is 32.8 Å². The Hall–Kier alpha value is -2.78. The van der Waals surface area contributed by atoms with E-state index in [4.69, 9.17) is 15.2 Å². The van der Waals surface area contributed by atoms with Gasteiger partial charge in [-0.2, -0.15) is 4.37 Å². The van der Waals surface area contributed by atoms with Crippen LogP contribution in [-0.2, 0) is 5.75 Å². The molecule has 0 unspecified atom stereocenters. The molecule has 140 valence electrons. The van der Waals surface area contributed by atoms with Gasteiger partial charge in [0, 0.05) is 18.0 Å². The van der Waals surface area contributed by atoms with Crippen molar-refractivity contribution >= 4 is 39.9 Å². The van der Waals surface area contributed by atoms with Gasteiger partial charge < -0.3 is 20.5 Å². The average Bonchev–Trinajstić information content (AvgIpc) is 3.09. The maximum atomic E-state index is 12.0. The van der Waals surface area contributed by atoms with Crippen LogP contribution in [0.1, 0.15) is 15.9 Å². The number of thioether (sulfide) groups is 1. The SMILES string of the molecule is COc1cc(CSc2nsc(Nc3cccnc3)c2C(N)=O)cc(OC)c1. The number of rotatable bonds is 8. The van der Waals surface area contributed by atoms with Gasteiger partial charge in [-0.3, -0.25) is 9.78 Å². The molecule has 0 spiro atoms. The van der Waals surface area contributed by atoms with Crippen LogP contribution in [0.15, 0.2) is 47.8 Å². The van der Waals surface area contributed by atoms with Crippen molar-refractivity contribution in [1.29, 1.82) is 0 Å². The molecule has 1 aromatic carbocycles. The van der Waals surface area contributed by atoms with Crippen LogP contribution in [-0.4, -0.2) is 29.5 Å². The van der Waals surface area contributed by atoms with Crippen LogP contribution >= 0.6 is 23.3 Å². The molecule has 0 fully saturated rings. The molecule has 0 aliphatic carbocycles. The minimum absolute atomic E-state index is 0.378. The quantitative estimate of drug-likeness (QED) is 0.554. The van der Waals surface area contributed by atoms with E-state index in [1.807, 2.05) is 24.3 Å². The van der Waals surface area contributed by atoms with E-state index in [2.05, 4.69) is 14.7 Å². The lowest BCUT2D eigenvalue weighted by Gasteiger charge is -2.08. The standard InChI is InChI=1S/C18H18N4O3S2/c1-24-13-6-11(7-14(8-13)25-2)10-26-18-15(16(19)23)17(27-22-18)21-12-4-3-5-20-9-12/h3-9,21H,10H2,1-2H3,(H2,19,23). The normalized spacial score (nSPS) is 10.4. The number of hydrogen-bond acceptors (Lipinski definition) is 8. The highest BCUT2D eigenvalue weighted by Crippen LogP contribution is 2.35. The lowest BCUT2D eigenvalue weighted by atomic mass is 10.2. The van der Waals surface area contributed by atoms with E-state index in [-0.39, 0.29) is 0 Å². The minimum Gasteiger partial charge on any atom is -0.497 e. The molecule has 0 aliphatic rings. The van der Waals surface area contributed by atoms with Crippen LogP contribution in [0.4, 0.5) is 10.7 Å². The number of ether oxygens (including phenoxy) is 2. The molecule has 7 nitrogen and oxygen atoms in total. The van der Waals surface area contributed by atoms with Crippen molar-refractivity contribution in [2.45, 2.75) is 10.8 Å². The largest absolute Gasteiger partial charge is 0.497 e. The second-order valence-corrected chi connectivity index (χ2v) is 7.17. The molecular formula is C18H18N4O3S2. The number of nitrogens with two attached hydrogens (primary N) is 1.